The molecule has 0 spiro atoms. The molecule has 4 rings (SSSR count). The number of anilines is 1. The van der Waals surface area contributed by atoms with Crippen LogP contribution in [0.4, 0.5) is 5.69 Å². The van der Waals surface area contributed by atoms with Gasteiger partial charge < -0.3 is 58.0 Å². The molecular weight excluding hydrogens is 831 g/mol. The van der Waals surface area contributed by atoms with Crippen LogP contribution in [0.5, 0.6) is 0 Å². The fourth-order valence-corrected chi connectivity index (χ4v) is 6.88. The highest BCUT2D eigenvalue weighted by molar-refractivity contribution is 7.40. The molecule has 17 nitrogen and oxygen atoms in total. The summed E-state index contributed by atoms with van der Waals surface area (Å²) in [5.74, 6) is -0.0503. The summed E-state index contributed by atoms with van der Waals surface area (Å²) in [6.45, 7) is 15.4. The Labute approximate surface area is 374 Å². The number of aromatic nitrogens is 3. The Morgan fingerprint density at radius 2 is 1.37 bits per heavy atom. The number of hydrogen-bond donors (Lipinski definition) is 3. The SMILES string of the molecule is CC(C)C(=O)NCCOCCOCCOCCOCCOCCn1nnc2c1-c1ccccc1CN(C)c1ccccc1-2.CC(C)OP(O)OCCCCCCNC(=O)CCC=O. The summed E-state index contributed by atoms with van der Waals surface area (Å²) in [5, 5.41) is 14.7. The van der Waals surface area contributed by atoms with Crippen molar-refractivity contribution in [3.63, 3.8) is 0 Å². The van der Waals surface area contributed by atoms with Crippen molar-refractivity contribution in [2.45, 2.75) is 85.4 Å². The van der Waals surface area contributed by atoms with Gasteiger partial charge in [-0.3, -0.25) is 9.59 Å². The topological polar surface area (TPSA) is 194 Å². The van der Waals surface area contributed by atoms with Gasteiger partial charge in [0.05, 0.1) is 91.0 Å². The number of para-hydroxylation sites is 1. The van der Waals surface area contributed by atoms with Crippen molar-refractivity contribution in [1.82, 2.24) is 25.6 Å². The van der Waals surface area contributed by atoms with Gasteiger partial charge in [0.25, 0.3) is 0 Å². The van der Waals surface area contributed by atoms with Crippen LogP contribution in [0.1, 0.15) is 71.8 Å². The number of amides is 2. The standard InChI is InChI=1S/C32H45N5O6.C13H26NO5P/c1-25(2)32(38)33-12-14-39-16-18-41-20-22-43-23-21-42-19-17-40-15-13-37-31-27-9-5-4-8-26(27)24-36(3)29-11-7-6-10-28(29)30(31)34-35-37;1-12(2)19-20(17)18-11-6-4-3-5-9-14-13(16)8-7-10-15/h4-11,25H,12-24H2,1-3H3,(H,33,38);10,12,17H,3-9,11H2,1-2H3,(H,14,16). The molecule has 0 bridgehead atoms. The number of fused-ring (bicyclic) bond motifs is 5. The summed E-state index contributed by atoms with van der Waals surface area (Å²) in [7, 11) is 0.365. The van der Waals surface area contributed by atoms with Crippen LogP contribution in [0, 0.1) is 5.92 Å². The molecule has 18 heteroatoms. The normalized spacial score (nSPS) is 12.4. The summed E-state index contributed by atoms with van der Waals surface area (Å²) < 4.78 is 40.1. The predicted molar refractivity (Wildman–Crippen MR) is 243 cm³/mol. The van der Waals surface area contributed by atoms with E-state index in [2.05, 4.69) is 75.4 Å². The van der Waals surface area contributed by atoms with Crippen LogP contribution in [-0.2, 0) is 60.2 Å². The van der Waals surface area contributed by atoms with E-state index in [1.807, 2.05) is 38.4 Å². The van der Waals surface area contributed by atoms with Gasteiger partial charge in [0.2, 0.25) is 11.8 Å². The van der Waals surface area contributed by atoms with E-state index in [0.29, 0.717) is 92.3 Å². The molecule has 1 atom stereocenters. The maximum absolute atomic E-state index is 11.4. The van der Waals surface area contributed by atoms with Crippen molar-refractivity contribution >= 4 is 32.4 Å². The van der Waals surface area contributed by atoms with Gasteiger partial charge in [-0.1, -0.05) is 74.4 Å². The van der Waals surface area contributed by atoms with Gasteiger partial charge in [0, 0.05) is 62.3 Å². The molecule has 2 amide bonds. The van der Waals surface area contributed by atoms with E-state index in [9.17, 15) is 19.3 Å². The molecule has 1 aliphatic rings. The minimum absolute atomic E-state index is 0.0131. The van der Waals surface area contributed by atoms with Crippen LogP contribution >= 0.6 is 8.60 Å². The van der Waals surface area contributed by atoms with Gasteiger partial charge in [-0.25, -0.2) is 4.68 Å². The first-order chi connectivity index (χ1) is 30.6. The number of unbranched alkanes of at least 4 members (excludes halogenated alkanes) is 3. The third-order valence-corrected chi connectivity index (χ3v) is 10.4. The van der Waals surface area contributed by atoms with Crippen LogP contribution in [0.2, 0.25) is 0 Å². The number of benzene rings is 2. The zero-order chi connectivity index (χ0) is 45.5. The van der Waals surface area contributed by atoms with E-state index in [-0.39, 0.29) is 36.7 Å². The highest BCUT2D eigenvalue weighted by Gasteiger charge is 2.25. The van der Waals surface area contributed by atoms with Crippen molar-refractivity contribution in [1.29, 1.82) is 0 Å². The first-order valence-corrected chi connectivity index (χ1v) is 23.2. The molecule has 3 N–H and O–H groups in total. The maximum Gasteiger partial charge on any atom is 0.330 e. The quantitative estimate of drug-likeness (QED) is 0.0391. The third-order valence-electron chi connectivity index (χ3n) is 9.38. The maximum atomic E-state index is 11.4. The van der Waals surface area contributed by atoms with Crippen LogP contribution in [-0.4, -0.2) is 137 Å². The predicted octanol–water partition coefficient (Wildman–Crippen LogP) is 5.72. The first-order valence-electron chi connectivity index (χ1n) is 22.1. The Balaban J connectivity index is 0.000000446. The molecule has 63 heavy (non-hydrogen) atoms. The summed E-state index contributed by atoms with van der Waals surface area (Å²) in [5.41, 5.74) is 6.52. The molecule has 0 saturated carbocycles. The van der Waals surface area contributed by atoms with Crippen molar-refractivity contribution in [2.75, 3.05) is 97.7 Å². The fraction of sp³-hybridized carbons (Fsp3) is 0.622. The van der Waals surface area contributed by atoms with E-state index in [4.69, 9.17) is 32.7 Å². The zero-order valence-electron chi connectivity index (χ0n) is 38.0. The smallest absolute Gasteiger partial charge is 0.330 e. The second-order valence-electron chi connectivity index (χ2n) is 15.2. The highest BCUT2D eigenvalue weighted by Crippen LogP contribution is 2.40. The summed E-state index contributed by atoms with van der Waals surface area (Å²) in [4.78, 5) is 44.3. The number of aldehydes is 1. The second-order valence-corrected chi connectivity index (χ2v) is 16.2. The van der Waals surface area contributed by atoms with Gasteiger partial charge in [0.15, 0.2) is 0 Å². The number of nitrogens with zero attached hydrogens (tertiary/aromatic N) is 4. The van der Waals surface area contributed by atoms with E-state index in [0.717, 1.165) is 66.7 Å². The molecule has 0 fully saturated rings. The largest absolute Gasteiger partial charge is 0.377 e. The monoisotopic (exact) mass is 902 g/mol. The Hall–Kier alpha value is -3.90. The Bertz CT molecular complexity index is 1720. The van der Waals surface area contributed by atoms with Gasteiger partial charge in [-0.2, -0.15) is 0 Å². The molecule has 3 aromatic rings. The lowest BCUT2D eigenvalue weighted by molar-refractivity contribution is -0.124. The third kappa shape index (κ3) is 22.0. The van der Waals surface area contributed by atoms with Crippen molar-refractivity contribution in [2.24, 2.45) is 5.92 Å². The van der Waals surface area contributed by atoms with Crippen LogP contribution in [0.25, 0.3) is 22.5 Å². The van der Waals surface area contributed by atoms with Gasteiger partial charge in [-0.05, 0) is 38.3 Å². The Morgan fingerprint density at radius 1 is 0.762 bits per heavy atom. The summed E-state index contributed by atoms with van der Waals surface area (Å²) in [6.07, 6.45) is 5.01. The molecule has 0 aliphatic carbocycles. The number of carbonyl (C=O) groups excluding carboxylic acids is 3. The van der Waals surface area contributed by atoms with Gasteiger partial charge in [0.1, 0.15) is 12.0 Å². The fourth-order valence-electron chi connectivity index (χ4n) is 6.18. The first kappa shape index (κ1) is 53.4. The molecule has 0 saturated heterocycles. The molecule has 0 radical (unpaired) electrons. The minimum atomic E-state index is -1.75. The van der Waals surface area contributed by atoms with Gasteiger partial charge >= 0.3 is 8.60 Å². The lowest BCUT2D eigenvalue weighted by Crippen LogP contribution is -2.31. The molecule has 1 unspecified atom stereocenters. The van der Waals surface area contributed by atoms with Crippen LogP contribution in [0.3, 0.4) is 0 Å². The van der Waals surface area contributed by atoms with Crippen molar-refractivity contribution in [3.8, 4) is 22.5 Å². The molecule has 352 valence electrons. The number of carbonyl (C=O) groups is 3. The lowest BCUT2D eigenvalue weighted by atomic mass is 9.96. The molecule has 1 aromatic heterocycles. The van der Waals surface area contributed by atoms with Crippen LogP contribution in [0.15, 0.2) is 48.5 Å². The Kier molecular flexibility index (Phi) is 27.7. The minimum Gasteiger partial charge on any atom is -0.377 e. The highest BCUT2D eigenvalue weighted by atomic mass is 31.2. The zero-order valence-corrected chi connectivity index (χ0v) is 38.9. The number of nitrogens with one attached hydrogen (secondary N) is 2. The van der Waals surface area contributed by atoms with E-state index in [1.165, 1.54) is 5.56 Å². The Morgan fingerprint density at radius 3 is 2.02 bits per heavy atom. The van der Waals surface area contributed by atoms with Crippen molar-refractivity contribution in [3.05, 3.63) is 54.1 Å². The number of ether oxygens (including phenoxy) is 5. The molecule has 2 aromatic carbocycles. The van der Waals surface area contributed by atoms with E-state index >= 15 is 0 Å². The number of rotatable bonds is 32. The average Bonchev–Trinajstić information content (AvgIpc) is 3.68. The lowest BCUT2D eigenvalue weighted by Gasteiger charge is -2.26. The average molecular weight is 903 g/mol. The second kappa shape index (κ2) is 32.7. The van der Waals surface area contributed by atoms with Crippen molar-refractivity contribution < 1.29 is 52.0 Å². The molecular formula is C45H71N6O11P. The molecule has 1 aliphatic heterocycles. The van der Waals surface area contributed by atoms with E-state index in [1.54, 1.807) is 0 Å². The van der Waals surface area contributed by atoms with E-state index < -0.39 is 8.60 Å². The number of hydrogen-bond acceptors (Lipinski definition) is 14. The van der Waals surface area contributed by atoms with Crippen LogP contribution < -0.4 is 15.5 Å². The molecule has 2 heterocycles. The summed E-state index contributed by atoms with van der Waals surface area (Å²) >= 11 is 0. The van der Waals surface area contributed by atoms with Gasteiger partial charge in [-0.15, -0.1) is 5.10 Å². The summed E-state index contributed by atoms with van der Waals surface area (Å²) in [6, 6.07) is 16.8.